The molecule has 5 rings (SSSR count). The van der Waals surface area contributed by atoms with Gasteiger partial charge in [-0.25, -0.2) is 9.78 Å². The van der Waals surface area contributed by atoms with Gasteiger partial charge in [0, 0.05) is 25.3 Å². The van der Waals surface area contributed by atoms with E-state index in [4.69, 9.17) is 0 Å². The summed E-state index contributed by atoms with van der Waals surface area (Å²) in [7, 11) is 0. The summed E-state index contributed by atoms with van der Waals surface area (Å²) in [6.07, 6.45) is 0. The monoisotopic (exact) mass is 377 g/mol. The smallest absolute Gasteiger partial charge is 0.323 e. The molecule has 142 valence electrons. The number of fused-ring (bicyclic) bond motifs is 2. The second-order valence-electron chi connectivity index (χ2n) is 6.83. The number of H-pyrrole nitrogens is 3. The number of anilines is 1. The molecule has 6 N–H and O–H groups in total. The first kappa shape index (κ1) is 16.7. The number of aromatic nitrogens is 4. The lowest BCUT2D eigenvalue weighted by Gasteiger charge is -2.22. The molecule has 1 aliphatic rings. The highest BCUT2D eigenvalue weighted by Gasteiger charge is 2.20. The summed E-state index contributed by atoms with van der Waals surface area (Å²) in [6, 6.07) is 10.8. The minimum absolute atomic E-state index is 0.0879. The fourth-order valence-corrected chi connectivity index (χ4v) is 3.55. The maximum absolute atomic E-state index is 12.9. The molecule has 2 aromatic heterocycles. The molecule has 1 aliphatic heterocycles. The summed E-state index contributed by atoms with van der Waals surface area (Å²) in [6.45, 7) is 2.59. The van der Waals surface area contributed by atoms with E-state index in [1.54, 1.807) is 24.3 Å². The van der Waals surface area contributed by atoms with Crippen molar-refractivity contribution in [2.24, 2.45) is 0 Å². The molecule has 9 heteroatoms. The first-order valence-corrected chi connectivity index (χ1v) is 9.13. The standard InChI is InChI=1S/C19H19N7O2/c27-18(22-10-4-5-12-14(8-10)25-19(28)24-12)11-2-1-3-13-16(11)26-17(23-13)15-9-20-6-7-21-15/h1-5,8,15,20-21H,6-7,9H2,(H,22,27)(H,23,26)(H2,24,25,28). The molecule has 1 unspecified atom stereocenters. The van der Waals surface area contributed by atoms with Crippen LogP contribution >= 0.6 is 0 Å². The Kier molecular flexibility index (Phi) is 3.96. The van der Waals surface area contributed by atoms with Gasteiger partial charge >= 0.3 is 5.69 Å². The topological polar surface area (TPSA) is 130 Å². The zero-order valence-corrected chi connectivity index (χ0v) is 14.9. The molecular formula is C19H19N7O2. The number of para-hydroxylation sites is 1. The second kappa shape index (κ2) is 6.63. The van der Waals surface area contributed by atoms with E-state index in [1.807, 2.05) is 12.1 Å². The van der Waals surface area contributed by atoms with E-state index < -0.39 is 0 Å². The van der Waals surface area contributed by atoms with Crippen LogP contribution in [0.3, 0.4) is 0 Å². The Morgan fingerprint density at radius 1 is 1.04 bits per heavy atom. The van der Waals surface area contributed by atoms with Crippen LogP contribution in [0.4, 0.5) is 5.69 Å². The van der Waals surface area contributed by atoms with Gasteiger partial charge in [-0.1, -0.05) is 6.07 Å². The van der Waals surface area contributed by atoms with Crippen molar-refractivity contribution in [2.75, 3.05) is 25.0 Å². The molecule has 4 aromatic rings. The fourth-order valence-electron chi connectivity index (χ4n) is 3.55. The lowest BCUT2D eigenvalue weighted by molar-refractivity contribution is 0.102. The van der Waals surface area contributed by atoms with Crippen molar-refractivity contribution in [1.82, 2.24) is 30.6 Å². The normalized spacial score (nSPS) is 17.2. The minimum Gasteiger partial charge on any atom is -0.341 e. The predicted molar refractivity (Wildman–Crippen MR) is 107 cm³/mol. The number of imidazole rings is 2. The highest BCUT2D eigenvalue weighted by atomic mass is 16.2. The van der Waals surface area contributed by atoms with Gasteiger partial charge in [0.2, 0.25) is 0 Å². The van der Waals surface area contributed by atoms with E-state index in [-0.39, 0.29) is 17.6 Å². The Hall–Kier alpha value is -3.43. The predicted octanol–water partition coefficient (Wildman–Crippen LogP) is 1.22. The van der Waals surface area contributed by atoms with Crippen LogP contribution in [0.15, 0.2) is 41.2 Å². The molecule has 0 spiro atoms. The van der Waals surface area contributed by atoms with Crippen molar-refractivity contribution in [3.63, 3.8) is 0 Å². The van der Waals surface area contributed by atoms with E-state index >= 15 is 0 Å². The maximum atomic E-state index is 12.9. The number of amides is 1. The summed E-state index contributed by atoms with van der Waals surface area (Å²) >= 11 is 0. The molecule has 1 fully saturated rings. The van der Waals surface area contributed by atoms with Crippen molar-refractivity contribution in [2.45, 2.75) is 6.04 Å². The Labute approximate surface area is 159 Å². The van der Waals surface area contributed by atoms with Crippen LogP contribution in [0.5, 0.6) is 0 Å². The SMILES string of the molecule is O=C(Nc1ccc2[nH]c(=O)[nH]c2c1)c1cccc2[nH]c(C3CNCCN3)nc12. The zero-order valence-electron chi connectivity index (χ0n) is 14.9. The van der Waals surface area contributed by atoms with Crippen LogP contribution in [0.2, 0.25) is 0 Å². The molecule has 0 aliphatic carbocycles. The summed E-state index contributed by atoms with van der Waals surface area (Å²) in [5, 5.41) is 9.63. The molecule has 2 aromatic carbocycles. The third-order valence-electron chi connectivity index (χ3n) is 4.92. The second-order valence-corrected chi connectivity index (χ2v) is 6.83. The Morgan fingerprint density at radius 2 is 1.93 bits per heavy atom. The van der Waals surface area contributed by atoms with Crippen molar-refractivity contribution < 1.29 is 4.79 Å². The lowest BCUT2D eigenvalue weighted by atomic mass is 10.1. The van der Waals surface area contributed by atoms with E-state index in [1.165, 1.54) is 0 Å². The molecular weight excluding hydrogens is 358 g/mol. The van der Waals surface area contributed by atoms with Crippen LogP contribution in [0.1, 0.15) is 22.2 Å². The van der Waals surface area contributed by atoms with Crippen LogP contribution in [0.25, 0.3) is 22.1 Å². The van der Waals surface area contributed by atoms with Gasteiger partial charge in [0.1, 0.15) is 11.3 Å². The zero-order chi connectivity index (χ0) is 19.1. The van der Waals surface area contributed by atoms with Crippen molar-refractivity contribution in [3.8, 4) is 0 Å². The fraction of sp³-hybridized carbons (Fsp3) is 0.211. The van der Waals surface area contributed by atoms with Crippen molar-refractivity contribution in [1.29, 1.82) is 0 Å². The van der Waals surface area contributed by atoms with Gasteiger partial charge in [-0.15, -0.1) is 0 Å². The van der Waals surface area contributed by atoms with Crippen LogP contribution < -0.4 is 21.6 Å². The largest absolute Gasteiger partial charge is 0.341 e. The lowest BCUT2D eigenvalue weighted by Crippen LogP contribution is -2.43. The van der Waals surface area contributed by atoms with Gasteiger partial charge in [0.15, 0.2) is 0 Å². The van der Waals surface area contributed by atoms with Gasteiger partial charge in [-0.2, -0.15) is 0 Å². The number of carbonyl (C=O) groups is 1. The number of hydrogen-bond donors (Lipinski definition) is 6. The minimum atomic E-state index is -0.280. The quantitative estimate of drug-likeness (QED) is 0.320. The first-order chi connectivity index (χ1) is 13.7. The Morgan fingerprint density at radius 3 is 2.79 bits per heavy atom. The molecule has 28 heavy (non-hydrogen) atoms. The summed E-state index contributed by atoms with van der Waals surface area (Å²) in [4.78, 5) is 37.6. The molecule has 0 saturated carbocycles. The average molecular weight is 377 g/mol. The summed E-state index contributed by atoms with van der Waals surface area (Å²) in [5.74, 6) is 0.560. The Bertz CT molecular complexity index is 1230. The van der Waals surface area contributed by atoms with Crippen molar-refractivity contribution in [3.05, 3.63) is 58.3 Å². The number of nitrogens with zero attached hydrogens (tertiary/aromatic N) is 1. The highest BCUT2D eigenvalue weighted by molar-refractivity contribution is 6.11. The van der Waals surface area contributed by atoms with E-state index in [0.717, 1.165) is 31.0 Å². The van der Waals surface area contributed by atoms with Crippen molar-refractivity contribution >= 4 is 33.7 Å². The number of piperazine rings is 1. The van der Waals surface area contributed by atoms with Crippen LogP contribution in [0, 0.1) is 0 Å². The number of aromatic amines is 3. The van der Waals surface area contributed by atoms with Gasteiger partial charge in [-0.05, 0) is 30.3 Å². The Balaban J connectivity index is 1.46. The van der Waals surface area contributed by atoms with Gasteiger partial charge in [-0.3, -0.25) is 4.79 Å². The first-order valence-electron chi connectivity index (χ1n) is 9.13. The van der Waals surface area contributed by atoms with E-state index in [2.05, 4.69) is 35.9 Å². The summed E-state index contributed by atoms with van der Waals surface area (Å²) in [5.41, 5.74) is 3.59. The number of nitrogens with one attached hydrogen (secondary N) is 6. The summed E-state index contributed by atoms with van der Waals surface area (Å²) < 4.78 is 0. The van der Waals surface area contributed by atoms with E-state index in [0.29, 0.717) is 27.8 Å². The maximum Gasteiger partial charge on any atom is 0.323 e. The molecule has 9 nitrogen and oxygen atoms in total. The average Bonchev–Trinajstić information content (AvgIpc) is 3.30. The third-order valence-corrected chi connectivity index (χ3v) is 4.92. The molecule has 1 saturated heterocycles. The van der Waals surface area contributed by atoms with Gasteiger partial charge in [0.05, 0.1) is 28.2 Å². The molecule has 1 atom stereocenters. The van der Waals surface area contributed by atoms with Crippen LogP contribution in [-0.4, -0.2) is 45.5 Å². The van der Waals surface area contributed by atoms with Gasteiger partial charge < -0.3 is 30.9 Å². The number of hydrogen-bond acceptors (Lipinski definition) is 5. The van der Waals surface area contributed by atoms with E-state index in [9.17, 15) is 9.59 Å². The van der Waals surface area contributed by atoms with Gasteiger partial charge in [0.25, 0.3) is 5.91 Å². The number of carbonyl (C=O) groups excluding carboxylic acids is 1. The number of benzene rings is 2. The highest BCUT2D eigenvalue weighted by Crippen LogP contribution is 2.22. The number of rotatable bonds is 3. The third kappa shape index (κ3) is 2.96. The van der Waals surface area contributed by atoms with Crippen LogP contribution in [-0.2, 0) is 0 Å². The molecule has 1 amide bonds. The molecule has 0 radical (unpaired) electrons. The molecule has 0 bridgehead atoms. The molecule has 3 heterocycles.